The smallest absolute Gasteiger partial charge is 0.129 e. The van der Waals surface area contributed by atoms with Crippen LogP contribution >= 0.6 is 0 Å². The summed E-state index contributed by atoms with van der Waals surface area (Å²) in [5.74, 6) is 3.61. The second-order valence-corrected chi connectivity index (χ2v) is 5.16. The minimum atomic E-state index is 0.827. The van der Waals surface area contributed by atoms with Gasteiger partial charge in [-0.2, -0.15) is 0 Å². The van der Waals surface area contributed by atoms with Crippen molar-refractivity contribution in [2.45, 2.75) is 46.0 Å². The maximum Gasteiger partial charge on any atom is 0.129 e. The van der Waals surface area contributed by atoms with Gasteiger partial charge in [0.25, 0.3) is 0 Å². The number of aromatic nitrogens is 2. The summed E-state index contributed by atoms with van der Waals surface area (Å²) in [6, 6.07) is 1.95. The highest BCUT2D eigenvalue weighted by Crippen LogP contribution is 2.30. The number of rotatable bonds is 4. The summed E-state index contributed by atoms with van der Waals surface area (Å²) in [4.78, 5) is 8.47. The van der Waals surface area contributed by atoms with Gasteiger partial charge in [-0.3, -0.25) is 0 Å². The number of hydrogen-bond donors (Lipinski definition) is 1. The average molecular weight is 233 g/mol. The summed E-state index contributed by atoms with van der Waals surface area (Å²) in [6.45, 7) is 5.30. The summed E-state index contributed by atoms with van der Waals surface area (Å²) in [5, 5.41) is 3.44. The molecule has 1 fully saturated rings. The number of hydrogen-bond acceptors (Lipinski definition) is 3. The van der Waals surface area contributed by atoms with Gasteiger partial charge in [0.15, 0.2) is 0 Å². The van der Waals surface area contributed by atoms with Gasteiger partial charge in [0, 0.05) is 12.7 Å². The fourth-order valence-corrected chi connectivity index (χ4v) is 2.65. The topological polar surface area (TPSA) is 37.8 Å². The molecule has 0 amide bonds. The predicted octanol–water partition coefficient (Wildman–Crippen LogP) is 3.41. The lowest BCUT2D eigenvalue weighted by Crippen LogP contribution is -2.21. The minimum Gasteiger partial charge on any atom is -0.370 e. The summed E-state index contributed by atoms with van der Waals surface area (Å²) >= 11 is 0. The van der Waals surface area contributed by atoms with E-state index in [1.54, 1.807) is 0 Å². The van der Waals surface area contributed by atoms with Gasteiger partial charge in [-0.15, -0.1) is 0 Å². The molecule has 1 aliphatic carbocycles. The van der Waals surface area contributed by atoms with Crippen LogP contribution in [0, 0.1) is 18.8 Å². The zero-order valence-corrected chi connectivity index (χ0v) is 10.9. The van der Waals surface area contributed by atoms with Crippen LogP contribution in [0.15, 0.2) is 12.3 Å². The molecule has 0 aliphatic heterocycles. The first-order chi connectivity index (χ1) is 8.28. The second kappa shape index (κ2) is 5.99. The van der Waals surface area contributed by atoms with Crippen molar-refractivity contribution < 1.29 is 0 Å². The molecule has 1 heterocycles. The van der Waals surface area contributed by atoms with E-state index in [1.807, 2.05) is 19.2 Å². The fourth-order valence-electron chi connectivity index (χ4n) is 2.65. The quantitative estimate of drug-likeness (QED) is 0.866. The highest BCUT2D eigenvalue weighted by atomic mass is 15.0. The van der Waals surface area contributed by atoms with Gasteiger partial charge in [-0.05, 0) is 37.7 Å². The van der Waals surface area contributed by atoms with Gasteiger partial charge < -0.3 is 5.32 Å². The van der Waals surface area contributed by atoms with E-state index >= 15 is 0 Å². The van der Waals surface area contributed by atoms with Gasteiger partial charge in [0.2, 0.25) is 0 Å². The molecule has 2 rings (SSSR count). The summed E-state index contributed by atoms with van der Waals surface area (Å²) in [6.07, 6.45) is 8.73. The molecule has 1 N–H and O–H groups in total. The van der Waals surface area contributed by atoms with Crippen molar-refractivity contribution in [1.82, 2.24) is 9.97 Å². The average Bonchev–Trinajstić information content (AvgIpc) is 2.37. The zero-order valence-electron chi connectivity index (χ0n) is 10.9. The maximum absolute atomic E-state index is 4.37. The van der Waals surface area contributed by atoms with E-state index in [2.05, 4.69) is 22.2 Å². The Labute approximate surface area is 104 Å². The Kier molecular flexibility index (Phi) is 4.35. The van der Waals surface area contributed by atoms with Crippen LogP contribution in [0.1, 0.15) is 44.9 Å². The third-order valence-corrected chi connectivity index (χ3v) is 3.89. The Morgan fingerprint density at radius 1 is 1.24 bits per heavy atom. The van der Waals surface area contributed by atoms with E-state index < -0.39 is 0 Å². The molecule has 1 aromatic rings. The second-order valence-electron chi connectivity index (χ2n) is 5.16. The van der Waals surface area contributed by atoms with Crippen LogP contribution in [0.5, 0.6) is 0 Å². The largest absolute Gasteiger partial charge is 0.370 e. The molecule has 94 valence electrons. The molecule has 0 saturated heterocycles. The van der Waals surface area contributed by atoms with Crippen LogP contribution in [0.4, 0.5) is 5.82 Å². The molecule has 1 aromatic heterocycles. The lowest BCUT2D eigenvalue weighted by atomic mass is 9.81. The van der Waals surface area contributed by atoms with Crippen molar-refractivity contribution >= 4 is 5.82 Å². The molecule has 0 bridgehead atoms. The van der Waals surface area contributed by atoms with Gasteiger partial charge in [0.1, 0.15) is 11.6 Å². The Bertz CT molecular complexity index is 343. The Morgan fingerprint density at radius 2 is 1.94 bits per heavy atom. The molecule has 1 aliphatic rings. The van der Waals surface area contributed by atoms with Crippen molar-refractivity contribution in [1.29, 1.82) is 0 Å². The fraction of sp³-hybridized carbons (Fsp3) is 0.714. The van der Waals surface area contributed by atoms with Crippen LogP contribution in [0.3, 0.4) is 0 Å². The third-order valence-electron chi connectivity index (χ3n) is 3.89. The Hall–Kier alpha value is -1.12. The molecule has 3 heteroatoms. The standard InChI is InChI=1S/C14H23N3/c1-3-12-4-6-13(7-5-12)10-16-14-8-9-15-11(2)17-14/h8-9,12-13H,3-7,10H2,1-2H3,(H,15,16,17). The molecule has 17 heavy (non-hydrogen) atoms. The van der Waals surface area contributed by atoms with E-state index in [0.717, 1.165) is 30.0 Å². The minimum absolute atomic E-state index is 0.827. The first kappa shape index (κ1) is 12.3. The SMILES string of the molecule is CCC1CCC(CNc2ccnc(C)n2)CC1. The van der Waals surface area contributed by atoms with Crippen LogP contribution in [-0.2, 0) is 0 Å². The lowest BCUT2D eigenvalue weighted by molar-refractivity contribution is 0.278. The van der Waals surface area contributed by atoms with Crippen molar-refractivity contribution in [2.75, 3.05) is 11.9 Å². The van der Waals surface area contributed by atoms with E-state index in [9.17, 15) is 0 Å². The zero-order chi connectivity index (χ0) is 12.1. The third kappa shape index (κ3) is 3.69. The van der Waals surface area contributed by atoms with Gasteiger partial charge in [-0.25, -0.2) is 9.97 Å². The normalized spacial score (nSPS) is 24.6. The first-order valence-electron chi connectivity index (χ1n) is 6.81. The number of nitrogens with one attached hydrogen (secondary N) is 1. The molecular formula is C14H23N3. The van der Waals surface area contributed by atoms with Crippen molar-refractivity contribution in [2.24, 2.45) is 11.8 Å². The molecule has 0 unspecified atom stereocenters. The number of anilines is 1. The molecule has 0 atom stereocenters. The highest BCUT2D eigenvalue weighted by molar-refractivity contribution is 5.32. The van der Waals surface area contributed by atoms with Crippen molar-refractivity contribution in [3.63, 3.8) is 0 Å². The van der Waals surface area contributed by atoms with Crippen LogP contribution in [-0.4, -0.2) is 16.5 Å². The Balaban J connectivity index is 1.76. The number of nitrogens with zero attached hydrogens (tertiary/aromatic N) is 2. The molecular weight excluding hydrogens is 210 g/mol. The molecule has 1 saturated carbocycles. The van der Waals surface area contributed by atoms with Crippen molar-refractivity contribution in [3.8, 4) is 0 Å². The summed E-state index contributed by atoms with van der Waals surface area (Å²) in [7, 11) is 0. The first-order valence-corrected chi connectivity index (χ1v) is 6.81. The molecule has 0 spiro atoms. The monoisotopic (exact) mass is 233 g/mol. The van der Waals surface area contributed by atoms with Crippen LogP contribution in [0.2, 0.25) is 0 Å². The maximum atomic E-state index is 4.37. The van der Waals surface area contributed by atoms with E-state index in [4.69, 9.17) is 0 Å². The van der Waals surface area contributed by atoms with E-state index in [-0.39, 0.29) is 0 Å². The Morgan fingerprint density at radius 3 is 2.59 bits per heavy atom. The summed E-state index contributed by atoms with van der Waals surface area (Å²) in [5.41, 5.74) is 0. The molecule has 0 radical (unpaired) electrons. The van der Waals surface area contributed by atoms with Crippen LogP contribution in [0.25, 0.3) is 0 Å². The molecule has 3 nitrogen and oxygen atoms in total. The number of aryl methyl sites for hydroxylation is 1. The van der Waals surface area contributed by atoms with Gasteiger partial charge in [0.05, 0.1) is 0 Å². The van der Waals surface area contributed by atoms with Gasteiger partial charge in [-0.1, -0.05) is 26.2 Å². The van der Waals surface area contributed by atoms with Crippen molar-refractivity contribution in [3.05, 3.63) is 18.1 Å². The van der Waals surface area contributed by atoms with E-state index in [0.29, 0.717) is 0 Å². The van der Waals surface area contributed by atoms with E-state index in [1.165, 1.54) is 32.1 Å². The van der Waals surface area contributed by atoms with Crippen LogP contribution < -0.4 is 5.32 Å². The molecule has 0 aromatic carbocycles. The predicted molar refractivity (Wildman–Crippen MR) is 71.0 cm³/mol. The highest BCUT2D eigenvalue weighted by Gasteiger charge is 2.19. The van der Waals surface area contributed by atoms with Gasteiger partial charge >= 0.3 is 0 Å². The lowest BCUT2D eigenvalue weighted by Gasteiger charge is -2.27. The summed E-state index contributed by atoms with van der Waals surface area (Å²) < 4.78 is 0.